The topological polar surface area (TPSA) is 79.6 Å². The summed E-state index contributed by atoms with van der Waals surface area (Å²) in [6.45, 7) is 0.562. The molecule has 0 saturated carbocycles. The number of aromatic nitrogens is 3. The van der Waals surface area contributed by atoms with Gasteiger partial charge >= 0.3 is 0 Å². The van der Waals surface area contributed by atoms with Gasteiger partial charge in [0.1, 0.15) is 0 Å². The van der Waals surface area contributed by atoms with Crippen molar-refractivity contribution in [2.24, 2.45) is 5.73 Å². The van der Waals surface area contributed by atoms with Gasteiger partial charge in [-0.2, -0.15) is 0 Å². The Morgan fingerprint density at radius 3 is 2.56 bits per heavy atom. The molecule has 0 unspecified atom stereocenters. The highest BCUT2D eigenvalue weighted by atomic mass is 35.5. The average molecular weight is 372 g/mol. The number of aromatic amines is 1. The maximum absolute atomic E-state index is 6.18. The summed E-state index contributed by atoms with van der Waals surface area (Å²) in [5.74, 6) is 0.486. The molecule has 0 radical (unpaired) electrons. The van der Waals surface area contributed by atoms with E-state index in [1.165, 1.54) is 0 Å². The Kier molecular flexibility index (Phi) is 4.21. The maximum Gasteiger partial charge on any atom is 0.227 e. The monoisotopic (exact) mass is 371 g/mol. The lowest BCUT2D eigenvalue weighted by Crippen LogP contribution is -2.04. The largest absolute Gasteiger partial charge is 0.354 e. The molecular weight excluding hydrogens is 357 g/mol. The number of nitrogens with two attached hydrogens (primary N) is 1. The molecule has 0 spiro atoms. The average Bonchev–Trinajstić information content (AvgIpc) is 2.96. The van der Waals surface area contributed by atoms with Gasteiger partial charge in [-0.25, -0.2) is 9.97 Å². The molecule has 4 N–H and O–H groups in total. The van der Waals surface area contributed by atoms with Crippen LogP contribution in [0.3, 0.4) is 0 Å². The van der Waals surface area contributed by atoms with Crippen molar-refractivity contribution in [2.75, 3.05) is 11.9 Å². The summed E-state index contributed by atoms with van der Waals surface area (Å²) in [5, 5.41) is 6.58. The van der Waals surface area contributed by atoms with Crippen LogP contribution in [0.5, 0.6) is 0 Å². The van der Waals surface area contributed by atoms with Gasteiger partial charge in [0.25, 0.3) is 0 Å². The molecule has 2 aromatic heterocycles. The molecule has 0 aliphatic heterocycles. The first-order valence-corrected chi connectivity index (χ1v) is 8.58. The molecular formula is C18H15Cl2N5. The Bertz CT molecular complexity index is 1060. The van der Waals surface area contributed by atoms with Crippen LogP contribution in [0.1, 0.15) is 5.56 Å². The summed E-state index contributed by atoms with van der Waals surface area (Å²) in [6.07, 6.45) is 3.87. The van der Waals surface area contributed by atoms with Crippen LogP contribution in [0.15, 0.2) is 42.7 Å². The summed E-state index contributed by atoms with van der Waals surface area (Å²) < 4.78 is 0. The SMILES string of the molecule is NCCc1cc(Nc2ncc(Cl)cn2)cc2c1[nH]c1ccc(Cl)cc12. The van der Waals surface area contributed by atoms with E-state index in [0.717, 1.165) is 39.5 Å². The fourth-order valence-electron chi connectivity index (χ4n) is 2.98. The highest BCUT2D eigenvalue weighted by Gasteiger charge is 2.11. The van der Waals surface area contributed by atoms with Crippen molar-refractivity contribution in [1.29, 1.82) is 0 Å². The first-order chi connectivity index (χ1) is 12.1. The first kappa shape index (κ1) is 16.1. The number of hydrogen-bond acceptors (Lipinski definition) is 4. The predicted molar refractivity (Wildman–Crippen MR) is 104 cm³/mol. The smallest absolute Gasteiger partial charge is 0.227 e. The van der Waals surface area contributed by atoms with Crippen molar-refractivity contribution >= 4 is 56.6 Å². The zero-order valence-electron chi connectivity index (χ0n) is 13.2. The number of benzene rings is 2. The van der Waals surface area contributed by atoms with Crippen LogP contribution in [0.4, 0.5) is 11.6 Å². The zero-order valence-corrected chi connectivity index (χ0v) is 14.7. The van der Waals surface area contributed by atoms with E-state index in [0.29, 0.717) is 22.5 Å². The van der Waals surface area contributed by atoms with E-state index in [1.54, 1.807) is 12.4 Å². The second kappa shape index (κ2) is 6.52. The van der Waals surface area contributed by atoms with Crippen molar-refractivity contribution in [3.63, 3.8) is 0 Å². The Hall–Kier alpha value is -2.34. The fraction of sp³-hybridized carbons (Fsp3) is 0.111. The molecule has 0 aliphatic rings. The number of nitrogens with zero attached hydrogens (tertiary/aromatic N) is 2. The number of fused-ring (bicyclic) bond motifs is 3. The summed E-state index contributed by atoms with van der Waals surface area (Å²) in [6, 6.07) is 9.94. The van der Waals surface area contributed by atoms with Crippen molar-refractivity contribution < 1.29 is 0 Å². The van der Waals surface area contributed by atoms with Crippen LogP contribution in [-0.4, -0.2) is 21.5 Å². The van der Waals surface area contributed by atoms with Crippen LogP contribution >= 0.6 is 23.2 Å². The molecule has 0 amide bonds. The van der Waals surface area contributed by atoms with E-state index in [-0.39, 0.29) is 0 Å². The molecule has 0 aliphatic carbocycles. The van der Waals surface area contributed by atoms with E-state index < -0.39 is 0 Å². The van der Waals surface area contributed by atoms with Crippen molar-refractivity contribution in [2.45, 2.75) is 6.42 Å². The molecule has 2 heterocycles. The van der Waals surface area contributed by atoms with Crippen molar-refractivity contribution in [3.05, 3.63) is 58.3 Å². The van der Waals surface area contributed by atoms with Crippen molar-refractivity contribution in [3.8, 4) is 0 Å². The Balaban J connectivity index is 1.87. The number of halogens is 2. The Morgan fingerprint density at radius 1 is 1.00 bits per heavy atom. The third-order valence-corrected chi connectivity index (χ3v) is 4.47. The lowest BCUT2D eigenvalue weighted by molar-refractivity contribution is 0.975. The molecule has 126 valence electrons. The maximum atomic E-state index is 6.18. The first-order valence-electron chi connectivity index (χ1n) is 7.82. The number of nitrogens with one attached hydrogen (secondary N) is 2. The molecule has 25 heavy (non-hydrogen) atoms. The van der Waals surface area contributed by atoms with Gasteiger partial charge in [0.2, 0.25) is 5.95 Å². The summed E-state index contributed by atoms with van der Waals surface area (Å²) in [7, 11) is 0. The second-order valence-electron chi connectivity index (χ2n) is 5.76. The van der Waals surface area contributed by atoms with Gasteiger partial charge in [-0.1, -0.05) is 23.2 Å². The van der Waals surface area contributed by atoms with Crippen LogP contribution in [0.2, 0.25) is 10.0 Å². The molecule has 0 bridgehead atoms. The lowest BCUT2D eigenvalue weighted by Gasteiger charge is -2.09. The lowest BCUT2D eigenvalue weighted by atomic mass is 10.1. The fourth-order valence-corrected chi connectivity index (χ4v) is 3.25. The number of hydrogen-bond donors (Lipinski definition) is 3. The normalized spacial score (nSPS) is 11.3. The molecule has 4 rings (SSSR count). The van der Waals surface area contributed by atoms with Crippen LogP contribution in [0.25, 0.3) is 21.8 Å². The molecule has 5 nitrogen and oxygen atoms in total. The minimum absolute atomic E-state index is 0.486. The Morgan fingerprint density at radius 2 is 1.80 bits per heavy atom. The standard InChI is InChI=1S/C18H15Cl2N5/c19-11-1-2-16-14(6-11)15-7-13(5-10(3-4-21)17(15)25-16)24-18-22-8-12(20)9-23-18/h1-2,5-9,25H,3-4,21H2,(H,22,23,24). The summed E-state index contributed by atoms with van der Waals surface area (Å²) >= 11 is 12.0. The molecule has 7 heteroatoms. The van der Waals surface area contributed by atoms with E-state index in [9.17, 15) is 0 Å². The molecule has 0 saturated heterocycles. The molecule has 0 atom stereocenters. The number of rotatable bonds is 4. The van der Waals surface area contributed by atoms with Gasteiger partial charge in [-0.15, -0.1) is 0 Å². The molecule has 2 aromatic carbocycles. The van der Waals surface area contributed by atoms with Gasteiger partial charge in [-0.05, 0) is 48.9 Å². The molecule has 0 fully saturated rings. The molecule has 4 aromatic rings. The second-order valence-corrected chi connectivity index (χ2v) is 6.63. The number of H-pyrrole nitrogens is 1. The van der Waals surface area contributed by atoms with E-state index >= 15 is 0 Å². The summed E-state index contributed by atoms with van der Waals surface area (Å²) in [4.78, 5) is 11.8. The Labute approximate surface area is 154 Å². The van der Waals surface area contributed by atoms with Gasteiger partial charge in [0, 0.05) is 32.5 Å². The van der Waals surface area contributed by atoms with Gasteiger partial charge < -0.3 is 16.0 Å². The van der Waals surface area contributed by atoms with E-state index in [4.69, 9.17) is 28.9 Å². The third kappa shape index (κ3) is 3.14. The van der Waals surface area contributed by atoms with Crippen LogP contribution in [0, 0.1) is 0 Å². The quantitative estimate of drug-likeness (QED) is 0.487. The van der Waals surface area contributed by atoms with Crippen molar-refractivity contribution in [1.82, 2.24) is 15.0 Å². The van der Waals surface area contributed by atoms with Crippen LogP contribution in [-0.2, 0) is 6.42 Å². The predicted octanol–water partition coefficient (Wildman–Crippen LogP) is 4.66. The highest BCUT2D eigenvalue weighted by Crippen LogP contribution is 2.33. The minimum Gasteiger partial charge on any atom is -0.354 e. The van der Waals surface area contributed by atoms with Crippen LogP contribution < -0.4 is 11.1 Å². The van der Waals surface area contributed by atoms with E-state index in [1.807, 2.05) is 18.2 Å². The van der Waals surface area contributed by atoms with Gasteiger partial charge in [0.05, 0.1) is 17.4 Å². The summed E-state index contributed by atoms with van der Waals surface area (Å²) in [5.41, 5.74) is 9.92. The van der Waals surface area contributed by atoms with Gasteiger partial charge in [0.15, 0.2) is 0 Å². The minimum atomic E-state index is 0.486. The van der Waals surface area contributed by atoms with Gasteiger partial charge in [-0.3, -0.25) is 0 Å². The number of anilines is 2. The zero-order chi connectivity index (χ0) is 17.4. The van der Waals surface area contributed by atoms with E-state index in [2.05, 4.69) is 32.4 Å². The third-order valence-electron chi connectivity index (χ3n) is 4.04. The highest BCUT2D eigenvalue weighted by molar-refractivity contribution is 6.32.